The van der Waals surface area contributed by atoms with Gasteiger partial charge in [0.1, 0.15) is 0 Å². The van der Waals surface area contributed by atoms with Crippen LogP contribution in [0.1, 0.15) is 86.4 Å². The molecule has 0 saturated heterocycles. The Kier molecular flexibility index (Phi) is 10.6. The molecule has 1 rings (SSSR count). The number of rotatable bonds is 12. The van der Waals surface area contributed by atoms with Gasteiger partial charge in [-0.15, -0.1) is 0 Å². The first kappa shape index (κ1) is 21.2. The van der Waals surface area contributed by atoms with Crippen LogP contribution in [0, 0.1) is 5.92 Å². The van der Waals surface area contributed by atoms with E-state index in [1.807, 2.05) is 0 Å². The summed E-state index contributed by atoms with van der Waals surface area (Å²) < 4.78 is 10.5. The zero-order valence-electron chi connectivity index (χ0n) is 15.9. The summed E-state index contributed by atoms with van der Waals surface area (Å²) in [7, 11) is 0. The van der Waals surface area contributed by atoms with Crippen molar-refractivity contribution in [3.63, 3.8) is 0 Å². The molecule has 1 aromatic rings. The van der Waals surface area contributed by atoms with Crippen molar-refractivity contribution in [1.29, 1.82) is 0 Å². The minimum Gasteiger partial charge on any atom is -0.462 e. The van der Waals surface area contributed by atoms with Gasteiger partial charge in [-0.3, -0.25) is 0 Å². The Morgan fingerprint density at radius 1 is 0.800 bits per heavy atom. The summed E-state index contributed by atoms with van der Waals surface area (Å²) in [6, 6.07) is 6.45. The summed E-state index contributed by atoms with van der Waals surface area (Å²) in [4.78, 5) is 23.8. The van der Waals surface area contributed by atoms with Gasteiger partial charge in [-0.05, 0) is 43.0 Å². The van der Waals surface area contributed by atoms with Gasteiger partial charge in [0.25, 0.3) is 0 Å². The lowest BCUT2D eigenvalue weighted by Crippen LogP contribution is -2.09. The van der Waals surface area contributed by atoms with E-state index in [1.54, 1.807) is 24.3 Å². The van der Waals surface area contributed by atoms with Crippen molar-refractivity contribution in [2.75, 3.05) is 13.2 Å². The Labute approximate surface area is 151 Å². The fraction of sp³-hybridized carbons (Fsp3) is 0.619. The normalized spacial score (nSPS) is 10.7. The van der Waals surface area contributed by atoms with Gasteiger partial charge in [0.05, 0.1) is 24.3 Å². The highest BCUT2D eigenvalue weighted by molar-refractivity contribution is 5.93. The van der Waals surface area contributed by atoms with Crippen LogP contribution in [0.25, 0.3) is 0 Å². The molecule has 4 heteroatoms. The van der Waals surface area contributed by atoms with Gasteiger partial charge in [-0.25, -0.2) is 9.59 Å². The predicted molar refractivity (Wildman–Crippen MR) is 99.8 cm³/mol. The number of hydrogen-bond donors (Lipinski definition) is 0. The lowest BCUT2D eigenvalue weighted by atomic mass is 10.1. The molecule has 0 saturated carbocycles. The third-order valence-corrected chi connectivity index (χ3v) is 4.00. The van der Waals surface area contributed by atoms with Crippen molar-refractivity contribution in [3.8, 4) is 0 Å². The second-order valence-electron chi connectivity index (χ2n) is 6.80. The standard InChI is InChI=1S/C21H32O4/c1-4-5-8-15-24-20(22)18-11-13-19(14-12-18)21(23)25-16-9-6-7-10-17(2)3/h11-14,17H,4-10,15-16H2,1-3H3. The zero-order valence-corrected chi connectivity index (χ0v) is 15.9. The lowest BCUT2D eigenvalue weighted by molar-refractivity contribution is 0.0483. The minimum atomic E-state index is -0.346. The summed E-state index contributed by atoms with van der Waals surface area (Å²) >= 11 is 0. The largest absolute Gasteiger partial charge is 0.462 e. The summed E-state index contributed by atoms with van der Waals surface area (Å²) in [5, 5.41) is 0. The molecule has 0 bridgehead atoms. The van der Waals surface area contributed by atoms with E-state index in [-0.39, 0.29) is 11.9 Å². The van der Waals surface area contributed by atoms with E-state index >= 15 is 0 Å². The number of carbonyl (C=O) groups excluding carboxylic acids is 2. The van der Waals surface area contributed by atoms with Crippen LogP contribution in [0.2, 0.25) is 0 Å². The average Bonchev–Trinajstić information content (AvgIpc) is 2.61. The van der Waals surface area contributed by atoms with E-state index < -0.39 is 0 Å². The Hall–Kier alpha value is -1.84. The van der Waals surface area contributed by atoms with Crippen LogP contribution < -0.4 is 0 Å². The van der Waals surface area contributed by atoms with Crippen LogP contribution in [0.15, 0.2) is 24.3 Å². The molecule has 25 heavy (non-hydrogen) atoms. The van der Waals surface area contributed by atoms with Crippen LogP contribution in [-0.2, 0) is 9.47 Å². The molecule has 0 N–H and O–H groups in total. The number of hydrogen-bond acceptors (Lipinski definition) is 4. The Bertz CT molecular complexity index is 505. The fourth-order valence-corrected chi connectivity index (χ4v) is 2.42. The molecular formula is C21H32O4. The highest BCUT2D eigenvalue weighted by Crippen LogP contribution is 2.10. The van der Waals surface area contributed by atoms with E-state index in [9.17, 15) is 9.59 Å². The van der Waals surface area contributed by atoms with Crippen LogP contribution in [0.4, 0.5) is 0 Å². The molecule has 0 radical (unpaired) electrons. The molecule has 1 aromatic carbocycles. The molecule has 0 aliphatic rings. The first-order chi connectivity index (χ1) is 12.0. The van der Waals surface area contributed by atoms with Crippen LogP contribution in [0.3, 0.4) is 0 Å². The molecule has 0 fully saturated rings. The van der Waals surface area contributed by atoms with Crippen molar-refractivity contribution >= 4 is 11.9 Å². The maximum absolute atomic E-state index is 12.0. The molecule has 0 aliphatic heterocycles. The van der Waals surface area contributed by atoms with Crippen molar-refractivity contribution in [3.05, 3.63) is 35.4 Å². The van der Waals surface area contributed by atoms with E-state index in [0.29, 0.717) is 24.3 Å². The highest BCUT2D eigenvalue weighted by Gasteiger charge is 2.10. The summed E-state index contributed by atoms with van der Waals surface area (Å²) in [6.07, 6.45) is 7.37. The van der Waals surface area contributed by atoms with Crippen LogP contribution in [-0.4, -0.2) is 25.2 Å². The SMILES string of the molecule is CCCCCOC(=O)c1ccc(C(=O)OCCCCCC(C)C)cc1. The molecule has 0 aromatic heterocycles. The molecule has 0 heterocycles. The monoisotopic (exact) mass is 348 g/mol. The number of benzene rings is 1. The van der Waals surface area contributed by atoms with Gasteiger partial charge in [0.2, 0.25) is 0 Å². The summed E-state index contributed by atoms with van der Waals surface area (Å²) in [6.45, 7) is 7.41. The minimum absolute atomic E-state index is 0.341. The maximum Gasteiger partial charge on any atom is 0.338 e. The first-order valence-electron chi connectivity index (χ1n) is 9.49. The van der Waals surface area contributed by atoms with Gasteiger partial charge < -0.3 is 9.47 Å². The maximum atomic E-state index is 12.0. The lowest BCUT2D eigenvalue weighted by Gasteiger charge is -2.07. The van der Waals surface area contributed by atoms with E-state index in [0.717, 1.165) is 38.0 Å². The van der Waals surface area contributed by atoms with Crippen molar-refractivity contribution in [2.45, 2.75) is 65.7 Å². The quantitative estimate of drug-likeness (QED) is 0.374. The first-order valence-corrected chi connectivity index (χ1v) is 9.49. The van der Waals surface area contributed by atoms with E-state index in [2.05, 4.69) is 20.8 Å². The van der Waals surface area contributed by atoms with Gasteiger partial charge in [0.15, 0.2) is 0 Å². The molecule has 0 spiro atoms. The van der Waals surface area contributed by atoms with Crippen molar-refractivity contribution in [2.24, 2.45) is 5.92 Å². The van der Waals surface area contributed by atoms with Gasteiger partial charge in [-0.2, -0.15) is 0 Å². The summed E-state index contributed by atoms with van der Waals surface area (Å²) in [5.74, 6) is 0.0345. The number of esters is 2. The zero-order chi connectivity index (χ0) is 18.5. The summed E-state index contributed by atoms with van der Waals surface area (Å²) in [5.41, 5.74) is 0.923. The number of carbonyl (C=O) groups is 2. The Morgan fingerprint density at radius 2 is 1.28 bits per heavy atom. The topological polar surface area (TPSA) is 52.6 Å². The Morgan fingerprint density at radius 3 is 1.72 bits per heavy atom. The van der Waals surface area contributed by atoms with Gasteiger partial charge in [0, 0.05) is 0 Å². The van der Waals surface area contributed by atoms with E-state index in [1.165, 1.54) is 12.8 Å². The second kappa shape index (κ2) is 12.5. The van der Waals surface area contributed by atoms with Gasteiger partial charge in [-0.1, -0.05) is 52.9 Å². The van der Waals surface area contributed by atoms with Crippen LogP contribution in [0.5, 0.6) is 0 Å². The molecule has 4 nitrogen and oxygen atoms in total. The van der Waals surface area contributed by atoms with Crippen molar-refractivity contribution < 1.29 is 19.1 Å². The smallest absolute Gasteiger partial charge is 0.338 e. The third-order valence-electron chi connectivity index (χ3n) is 4.00. The molecule has 0 unspecified atom stereocenters. The number of unbranched alkanes of at least 4 members (excludes halogenated alkanes) is 4. The average molecular weight is 348 g/mol. The second-order valence-corrected chi connectivity index (χ2v) is 6.80. The van der Waals surface area contributed by atoms with Crippen molar-refractivity contribution in [1.82, 2.24) is 0 Å². The molecule has 0 amide bonds. The highest BCUT2D eigenvalue weighted by atomic mass is 16.5. The molecule has 140 valence electrons. The van der Waals surface area contributed by atoms with E-state index in [4.69, 9.17) is 9.47 Å². The fourth-order valence-electron chi connectivity index (χ4n) is 2.42. The molecular weight excluding hydrogens is 316 g/mol. The predicted octanol–water partition coefficient (Wildman–Crippen LogP) is 5.41. The molecule has 0 atom stereocenters. The van der Waals surface area contributed by atoms with Crippen LogP contribution >= 0.6 is 0 Å². The Balaban J connectivity index is 2.30. The van der Waals surface area contributed by atoms with Gasteiger partial charge >= 0.3 is 11.9 Å². The third kappa shape index (κ3) is 9.28. The molecule has 0 aliphatic carbocycles. The number of ether oxygens (including phenoxy) is 2.